The van der Waals surface area contributed by atoms with Crippen molar-refractivity contribution in [3.8, 4) is 11.5 Å². The third kappa shape index (κ3) is 6.80. The van der Waals surface area contributed by atoms with Gasteiger partial charge < -0.3 is 9.47 Å². The molecule has 0 heterocycles. The van der Waals surface area contributed by atoms with Gasteiger partial charge in [-0.1, -0.05) is 44.1 Å². The lowest BCUT2D eigenvalue weighted by atomic mass is 10.1. The molecule has 0 saturated heterocycles. The Bertz CT molecular complexity index is 1050. The smallest absolute Gasteiger partial charge is 0.343 e. The fraction of sp³-hybridized carbons (Fsp3) is 0.192. The average molecular weight is 431 g/mol. The van der Waals surface area contributed by atoms with Crippen LogP contribution >= 0.6 is 0 Å². The number of nitro benzene ring substituents is 1. The molecule has 3 aromatic rings. The van der Waals surface area contributed by atoms with Crippen LogP contribution < -0.4 is 9.47 Å². The van der Waals surface area contributed by atoms with Gasteiger partial charge in [0.15, 0.2) is 0 Å². The molecule has 0 radical (unpaired) electrons. The second-order valence-corrected chi connectivity index (χ2v) is 7.22. The van der Waals surface area contributed by atoms with Gasteiger partial charge in [0.1, 0.15) is 11.5 Å². The third-order valence-corrected chi connectivity index (χ3v) is 4.77. The van der Waals surface area contributed by atoms with Gasteiger partial charge in [0.05, 0.1) is 17.1 Å². The highest BCUT2D eigenvalue weighted by Crippen LogP contribution is 2.19. The molecule has 0 unspecified atom stereocenters. The largest absolute Gasteiger partial charge is 0.494 e. The van der Waals surface area contributed by atoms with Crippen LogP contribution in [0.2, 0.25) is 0 Å². The third-order valence-electron chi connectivity index (χ3n) is 4.77. The summed E-state index contributed by atoms with van der Waals surface area (Å²) in [6.07, 6.45) is 7.03. The van der Waals surface area contributed by atoms with E-state index in [-0.39, 0.29) is 5.69 Å². The summed E-state index contributed by atoms with van der Waals surface area (Å²) in [4.78, 5) is 22.7. The van der Waals surface area contributed by atoms with Crippen molar-refractivity contribution in [3.05, 3.63) is 99.6 Å². The first-order chi connectivity index (χ1) is 15.5. The van der Waals surface area contributed by atoms with Crippen LogP contribution in [0, 0.1) is 10.1 Å². The van der Waals surface area contributed by atoms with Crippen molar-refractivity contribution < 1.29 is 19.2 Å². The van der Waals surface area contributed by atoms with Crippen LogP contribution in [0.5, 0.6) is 11.5 Å². The molecule has 0 aliphatic heterocycles. The van der Waals surface area contributed by atoms with Crippen molar-refractivity contribution in [1.29, 1.82) is 0 Å². The Labute approximate surface area is 187 Å². The number of nitro groups is 1. The fourth-order valence-corrected chi connectivity index (χ4v) is 2.94. The molecule has 0 spiro atoms. The van der Waals surface area contributed by atoms with Crippen molar-refractivity contribution in [2.45, 2.75) is 26.2 Å². The first-order valence-electron chi connectivity index (χ1n) is 10.5. The number of carbonyl (C=O) groups is 1. The van der Waals surface area contributed by atoms with Gasteiger partial charge in [0, 0.05) is 12.1 Å². The molecule has 0 aliphatic rings. The maximum absolute atomic E-state index is 12.4. The van der Waals surface area contributed by atoms with Crippen molar-refractivity contribution >= 4 is 23.8 Å². The van der Waals surface area contributed by atoms with Crippen LogP contribution in [0.1, 0.15) is 47.7 Å². The summed E-state index contributed by atoms with van der Waals surface area (Å²) in [5, 5.41) is 10.7. The molecule has 6 nitrogen and oxygen atoms in total. The highest BCUT2D eigenvalue weighted by atomic mass is 16.6. The van der Waals surface area contributed by atoms with E-state index in [9.17, 15) is 14.9 Å². The highest BCUT2D eigenvalue weighted by Gasteiger charge is 2.09. The van der Waals surface area contributed by atoms with Gasteiger partial charge >= 0.3 is 5.97 Å². The van der Waals surface area contributed by atoms with E-state index >= 15 is 0 Å². The Hall–Kier alpha value is -3.93. The number of non-ortho nitro benzene ring substituents is 1. The van der Waals surface area contributed by atoms with Crippen molar-refractivity contribution in [2.24, 2.45) is 0 Å². The molecule has 0 amide bonds. The maximum atomic E-state index is 12.4. The van der Waals surface area contributed by atoms with Gasteiger partial charge in [-0.2, -0.15) is 0 Å². The molecule has 32 heavy (non-hydrogen) atoms. The van der Waals surface area contributed by atoms with E-state index in [1.165, 1.54) is 12.1 Å². The van der Waals surface area contributed by atoms with Gasteiger partial charge in [-0.15, -0.1) is 0 Å². The number of hydrogen-bond acceptors (Lipinski definition) is 5. The second kappa shape index (κ2) is 11.5. The molecule has 0 aromatic heterocycles. The van der Waals surface area contributed by atoms with E-state index in [0.29, 0.717) is 17.9 Å². The predicted molar refractivity (Wildman–Crippen MR) is 125 cm³/mol. The molecule has 0 aliphatic carbocycles. The Balaban J connectivity index is 1.53. The number of hydrogen-bond donors (Lipinski definition) is 0. The number of carbonyl (C=O) groups excluding carboxylic acids is 1. The minimum absolute atomic E-state index is 0.0578. The number of unbranched alkanes of at least 4 members (excludes halogenated alkanes) is 2. The highest BCUT2D eigenvalue weighted by molar-refractivity contribution is 5.91. The lowest BCUT2D eigenvalue weighted by molar-refractivity contribution is -0.384. The topological polar surface area (TPSA) is 78.7 Å². The van der Waals surface area contributed by atoms with Gasteiger partial charge in [-0.25, -0.2) is 4.79 Å². The van der Waals surface area contributed by atoms with Crippen LogP contribution in [-0.2, 0) is 0 Å². The van der Waals surface area contributed by atoms with E-state index in [4.69, 9.17) is 9.47 Å². The van der Waals surface area contributed by atoms with Crippen molar-refractivity contribution in [3.63, 3.8) is 0 Å². The molecule has 3 rings (SSSR count). The van der Waals surface area contributed by atoms with Crippen LogP contribution in [0.4, 0.5) is 5.69 Å². The standard InChI is InChI=1S/C26H25NO5/c1-2-3-4-19-31-24-17-11-22(12-18-24)26(28)32-25-15-9-21(10-16-25)6-5-20-7-13-23(14-8-20)27(29)30/h5-18H,2-4,19H2,1H3. The minimum atomic E-state index is -0.434. The number of benzene rings is 3. The Morgan fingerprint density at radius 2 is 1.41 bits per heavy atom. The van der Waals surface area contributed by atoms with E-state index in [2.05, 4.69) is 6.92 Å². The Morgan fingerprint density at radius 1 is 0.844 bits per heavy atom. The number of nitrogens with zero attached hydrogens (tertiary/aromatic N) is 1. The van der Waals surface area contributed by atoms with Gasteiger partial charge in [0.25, 0.3) is 5.69 Å². The molecule has 0 saturated carbocycles. The molecule has 6 heteroatoms. The zero-order valence-electron chi connectivity index (χ0n) is 17.9. The Morgan fingerprint density at radius 3 is 1.97 bits per heavy atom. The molecule has 0 atom stereocenters. The molecular formula is C26H25NO5. The molecule has 0 bridgehead atoms. The molecule has 164 valence electrons. The molecular weight excluding hydrogens is 406 g/mol. The van der Waals surface area contributed by atoms with Crippen LogP contribution in [-0.4, -0.2) is 17.5 Å². The number of rotatable bonds is 10. The number of ether oxygens (including phenoxy) is 2. The summed E-state index contributed by atoms with van der Waals surface area (Å²) in [6.45, 7) is 2.81. The number of esters is 1. The fourth-order valence-electron chi connectivity index (χ4n) is 2.94. The van der Waals surface area contributed by atoms with Gasteiger partial charge in [-0.3, -0.25) is 10.1 Å². The molecule has 0 N–H and O–H groups in total. The normalized spacial score (nSPS) is 10.8. The van der Waals surface area contributed by atoms with Gasteiger partial charge in [-0.05, 0) is 66.1 Å². The zero-order valence-corrected chi connectivity index (χ0v) is 17.9. The summed E-state index contributed by atoms with van der Waals surface area (Å²) in [7, 11) is 0. The van der Waals surface area contributed by atoms with E-state index in [0.717, 1.165) is 36.1 Å². The minimum Gasteiger partial charge on any atom is -0.494 e. The summed E-state index contributed by atoms with van der Waals surface area (Å²) >= 11 is 0. The van der Waals surface area contributed by atoms with Crippen molar-refractivity contribution in [2.75, 3.05) is 6.61 Å². The first-order valence-corrected chi connectivity index (χ1v) is 10.5. The first kappa shape index (κ1) is 22.7. The van der Waals surface area contributed by atoms with Crippen molar-refractivity contribution in [1.82, 2.24) is 0 Å². The summed E-state index contributed by atoms with van der Waals surface area (Å²) in [6, 6.07) is 20.3. The molecule has 0 fully saturated rings. The SMILES string of the molecule is CCCCCOc1ccc(C(=O)Oc2ccc(C=Cc3ccc([N+](=O)[O-])cc3)cc2)cc1. The second-order valence-electron chi connectivity index (χ2n) is 7.22. The summed E-state index contributed by atoms with van der Waals surface area (Å²) in [5.41, 5.74) is 2.27. The van der Waals surface area contributed by atoms with Crippen LogP contribution in [0.3, 0.4) is 0 Å². The lowest BCUT2D eigenvalue weighted by Crippen LogP contribution is -2.08. The quantitative estimate of drug-likeness (QED) is 0.0908. The zero-order chi connectivity index (χ0) is 22.8. The van der Waals surface area contributed by atoms with Gasteiger partial charge in [0.2, 0.25) is 0 Å². The summed E-state index contributed by atoms with van der Waals surface area (Å²) < 4.78 is 11.1. The summed E-state index contributed by atoms with van der Waals surface area (Å²) in [5.74, 6) is 0.751. The lowest BCUT2D eigenvalue weighted by Gasteiger charge is -2.07. The van der Waals surface area contributed by atoms with E-state index < -0.39 is 10.9 Å². The van der Waals surface area contributed by atoms with E-state index in [1.807, 2.05) is 24.3 Å². The maximum Gasteiger partial charge on any atom is 0.343 e. The van der Waals surface area contributed by atoms with Crippen LogP contribution in [0.25, 0.3) is 12.2 Å². The predicted octanol–water partition coefficient (Wildman–Crippen LogP) is 6.55. The Kier molecular flexibility index (Phi) is 8.15. The monoisotopic (exact) mass is 431 g/mol. The van der Waals surface area contributed by atoms with E-state index in [1.54, 1.807) is 48.5 Å². The molecule has 3 aromatic carbocycles. The van der Waals surface area contributed by atoms with Crippen LogP contribution in [0.15, 0.2) is 72.8 Å². The average Bonchev–Trinajstić information content (AvgIpc) is 2.82.